The van der Waals surface area contributed by atoms with Crippen molar-refractivity contribution in [1.29, 1.82) is 0 Å². The monoisotopic (exact) mass is 419 g/mol. The topological polar surface area (TPSA) is 102 Å². The third kappa shape index (κ3) is 3.53. The minimum Gasteiger partial charge on any atom is -0.493 e. The molecule has 0 aliphatic carbocycles. The summed E-state index contributed by atoms with van der Waals surface area (Å²) in [5, 5.41) is 13.9. The molecule has 0 saturated carbocycles. The summed E-state index contributed by atoms with van der Waals surface area (Å²) in [6, 6.07) is 16.3. The molecule has 0 aliphatic rings. The second-order valence-corrected chi connectivity index (χ2v) is 6.69. The van der Waals surface area contributed by atoms with Crippen molar-refractivity contribution in [3.63, 3.8) is 0 Å². The van der Waals surface area contributed by atoms with Crippen molar-refractivity contribution in [1.82, 2.24) is 10.5 Å². The minimum absolute atomic E-state index is 0.335. The third-order valence-electron chi connectivity index (χ3n) is 4.99. The molecule has 0 saturated heterocycles. The number of amides is 1. The molecule has 0 aliphatic heterocycles. The molecule has 3 aromatic carbocycles. The molecular formula is C23H21N3O5. The molecule has 0 spiro atoms. The van der Waals surface area contributed by atoms with Gasteiger partial charge in [0.25, 0.3) is 5.91 Å². The average molecular weight is 419 g/mol. The normalized spacial score (nSPS) is 10.7. The van der Waals surface area contributed by atoms with E-state index in [1.165, 1.54) is 0 Å². The van der Waals surface area contributed by atoms with E-state index in [4.69, 9.17) is 24.4 Å². The van der Waals surface area contributed by atoms with Crippen molar-refractivity contribution in [2.24, 2.45) is 0 Å². The van der Waals surface area contributed by atoms with Gasteiger partial charge in [0.2, 0.25) is 5.75 Å². The number of benzene rings is 3. The Morgan fingerprint density at radius 1 is 0.903 bits per heavy atom. The van der Waals surface area contributed by atoms with E-state index in [0.29, 0.717) is 28.3 Å². The zero-order valence-corrected chi connectivity index (χ0v) is 17.2. The van der Waals surface area contributed by atoms with Crippen LogP contribution in [0.1, 0.15) is 10.4 Å². The smallest absolute Gasteiger partial charge is 0.274 e. The molecule has 3 N–H and O–H groups in total. The molecule has 0 fully saturated rings. The van der Waals surface area contributed by atoms with Crippen LogP contribution in [0.2, 0.25) is 0 Å². The van der Waals surface area contributed by atoms with Gasteiger partial charge in [-0.05, 0) is 30.3 Å². The second-order valence-electron chi connectivity index (χ2n) is 6.69. The van der Waals surface area contributed by atoms with Crippen LogP contribution in [0.4, 0.5) is 11.4 Å². The number of carbonyl (C=O) groups is 1. The molecule has 1 heterocycles. The molecule has 1 aromatic heterocycles. The van der Waals surface area contributed by atoms with E-state index in [1.807, 2.05) is 30.3 Å². The summed E-state index contributed by atoms with van der Waals surface area (Å²) in [5.41, 5.74) is 4.95. The van der Waals surface area contributed by atoms with Crippen LogP contribution in [-0.2, 0) is 0 Å². The quantitative estimate of drug-likeness (QED) is 0.244. The maximum Gasteiger partial charge on any atom is 0.274 e. The highest BCUT2D eigenvalue weighted by atomic mass is 16.5. The molecule has 4 aromatic rings. The standard InChI is InChI=1S/C23H21N3O5/c1-29-18-12-17-19(22(31-3)21(18)30-2)20(15-6-4-5-7-16(15)25-17)24-14-10-8-13(9-11-14)23(27)26-28/h4-12,28H,1-3H3,(H,24,25)(H,26,27). The van der Waals surface area contributed by atoms with E-state index in [-0.39, 0.29) is 0 Å². The van der Waals surface area contributed by atoms with Gasteiger partial charge in [0.15, 0.2) is 11.5 Å². The number of fused-ring (bicyclic) bond motifs is 2. The highest BCUT2D eigenvalue weighted by Crippen LogP contribution is 2.47. The number of carbonyl (C=O) groups excluding carboxylic acids is 1. The number of aromatic nitrogens is 1. The summed E-state index contributed by atoms with van der Waals surface area (Å²) in [6.07, 6.45) is 0. The average Bonchev–Trinajstić information content (AvgIpc) is 2.82. The Balaban J connectivity index is 1.98. The Labute approximate surface area is 178 Å². The number of methoxy groups -OCH3 is 3. The predicted molar refractivity (Wildman–Crippen MR) is 118 cm³/mol. The van der Waals surface area contributed by atoms with Crippen LogP contribution in [0.15, 0.2) is 54.6 Å². The maximum absolute atomic E-state index is 11.6. The number of nitrogens with zero attached hydrogens (tertiary/aromatic N) is 1. The molecule has 0 radical (unpaired) electrons. The van der Waals surface area contributed by atoms with E-state index in [1.54, 1.807) is 51.1 Å². The predicted octanol–water partition coefficient (Wildman–Crippen LogP) is 4.28. The van der Waals surface area contributed by atoms with Crippen LogP contribution in [0.3, 0.4) is 0 Å². The van der Waals surface area contributed by atoms with E-state index in [2.05, 4.69) is 5.32 Å². The van der Waals surface area contributed by atoms with Crippen molar-refractivity contribution in [3.8, 4) is 17.2 Å². The van der Waals surface area contributed by atoms with Crippen LogP contribution >= 0.6 is 0 Å². The largest absolute Gasteiger partial charge is 0.493 e. The molecule has 158 valence electrons. The lowest BCUT2D eigenvalue weighted by atomic mass is 10.0. The lowest BCUT2D eigenvalue weighted by Gasteiger charge is -2.19. The first-order valence-electron chi connectivity index (χ1n) is 9.44. The molecule has 0 unspecified atom stereocenters. The van der Waals surface area contributed by atoms with Crippen molar-refractivity contribution in [2.75, 3.05) is 26.6 Å². The number of para-hydroxylation sites is 1. The molecule has 1 amide bonds. The van der Waals surface area contributed by atoms with Gasteiger partial charge in [0, 0.05) is 22.7 Å². The fourth-order valence-corrected chi connectivity index (χ4v) is 3.56. The molecule has 4 rings (SSSR count). The Morgan fingerprint density at radius 3 is 2.26 bits per heavy atom. The molecule has 0 atom stereocenters. The summed E-state index contributed by atoms with van der Waals surface area (Å²) in [4.78, 5) is 16.4. The Kier molecular flexibility index (Phi) is 5.46. The van der Waals surface area contributed by atoms with E-state index < -0.39 is 5.91 Å². The van der Waals surface area contributed by atoms with Crippen molar-refractivity contribution in [3.05, 3.63) is 60.2 Å². The maximum atomic E-state index is 11.6. The van der Waals surface area contributed by atoms with Crippen molar-refractivity contribution >= 4 is 39.1 Å². The van der Waals surface area contributed by atoms with Crippen molar-refractivity contribution in [2.45, 2.75) is 0 Å². The van der Waals surface area contributed by atoms with E-state index in [0.717, 1.165) is 27.7 Å². The molecule has 0 bridgehead atoms. The van der Waals surface area contributed by atoms with Crippen molar-refractivity contribution < 1.29 is 24.2 Å². The van der Waals surface area contributed by atoms with Gasteiger partial charge in [-0.2, -0.15) is 0 Å². The van der Waals surface area contributed by atoms with Crippen LogP contribution in [0.25, 0.3) is 21.8 Å². The summed E-state index contributed by atoms with van der Waals surface area (Å²) < 4.78 is 16.8. The van der Waals surface area contributed by atoms with Gasteiger partial charge in [0.05, 0.1) is 43.4 Å². The number of ether oxygens (including phenoxy) is 3. The molecular weight excluding hydrogens is 398 g/mol. The van der Waals surface area contributed by atoms with Gasteiger partial charge in [-0.3, -0.25) is 10.0 Å². The Hall–Kier alpha value is -4.04. The lowest BCUT2D eigenvalue weighted by molar-refractivity contribution is 0.0706. The number of pyridine rings is 1. The fraction of sp³-hybridized carbons (Fsp3) is 0.130. The van der Waals surface area contributed by atoms with Gasteiger partial charge < -0.3 is 19.5 Å². The number of anilines is 2. The number of rotatable bonds is 6. The Morgan fingerprint density at radius 2 is 1.61 bits per heavy atom. The van der Waals surface area contributed by atoms with E-state index >= 15 is 0 Å². The number of hydrogen-bond donors (Lipinski definition) is 3. The first kappa shape index (κ1) is 20.2. The highest BCUT2D eigenvalue weighted by Gasteiger charge is 2.21. The molecule has 8 nitrogen and oxygen atoms in total. The number of nitrogens with one attached hydrogen (secondary N) is 2. The lowest BCUT2D eigenvalue weighted by Crippen LogP contribution is -2.18. The summed E-state index contributed by atoms with van der Waals surface area (Å²) in [5.74, 6) is 0.895. The fourth-order valence-electron chi connectivity index (χ4n) is 3.56. The minimum atomic E-state index is -0.579. The first-order chi connectivity index (χ1) is 15.1. The molecule has 31 heavy (non-hydrogen) atoms. The summed E-state index contributed by atoms with van der Waals surface area (Å²) >= 11 is 0. The van der Waals surface area contributed by atoms with E-state index in [9.17, 15) is 4.79 Å². The van der Waals surface area contributed by atoms with Gasteiger partial charge >= 0.3 is 0 Å². The van der Waals surface area contributed by atoms with Gasteiger partial charge in [-0.15, -0.1) is 0 Å². The zero-order valence-electron chi connectivity index (χ0n) is 17.2. The zero-order chi connectivity index (χ0) is 22.0. The summed E-state index contributed by atoms with van der Waals surface area (Å²) in [7, 11) is 4.68. The van der Waals surface area contributed by atoms with Gasteiger partial charge in [0.1, 0.15) is 0 Å². The number of hydrogen-bond acceptors (Lipinski definition) is 7. The first-order valence-corrected chi connectivity index (χ1v) is 9.44. The Bertz CT molecular complexity index is 1270. The van der Waals surface area contributed by atoms with Crippen LogP contribution in [0, 0.1) is 0 Å². The van der Waals surface area contributed by atoms with Crippen LogP contribution in [0.5, 0.6) is 17.2 Å². The SMILES string of the molecule is COc1cc2nc3ccccc3c(Nc3ccc(C(=O)NO)cc3)c2c(OC)c1OC. The highest BCUT2D eigenvalue weighted by molar-refractivity contribution is 6.12. The van der Waals surface area contributed by atoms with Gasteiger partial charge in [-0.25, -0.2) is 10.5 Å². The third-order valence-corrected chi connectivity index (χ3v) is 4.99. The second kappa shape index (κ2) is 8.37. The molecule has 8 heteroatoms. The van der Waals surface area contributed by atoms with Gasteiger partial charge in [-0.1, -0.05) is 18.2 Å². The summed E-state index contributed by atoms with van der Waals surface area (Å²) in [6.45, 7) is 0. The van der Waals surface area contributed by atoms with Crippen LogP contribution in [-0.4, -0.2) is 37.4 Å². The van der Waals surface area contributed by atoms with Crippen LogP contribution < -0.4 is 25.0 Å². The number of hydroxylamine groups is 1.